The summed E-state index contributed by atoms with van der Waals surface area (Å²) >= 11 is 1.22. The molecule has 0 saturated heterocycles. The number of nitrogens with zero attached hydrogens (tertiary/aromatic N) is 1. The van der Waals surface area contributed by atoms with Crippen molar-refractivity contribution in [3.8, 4) is 6.07 Å². The molecule has 0 amide bonds. The molecule has 20 heavy (non-hydrogen) atoms. The lowest BCUT2D eigenvalue weighted by Gasteiger charge is -2.11. The number of nitrogens with one attached hydrogen (secondary N) is 2. The summed E-state index contributed by atoms with van der Waals surface area (Å²) in [6.45, 7) is 1.38. The van der Waals surface area contributed by atoms with Crippen molar-refractivity contribution in [2.75, 3.05) is 24.1 Å². The Balaban J connectivity index is 2.28. The van der Waals surface area contributed by atoms with Crippen molar-refractivity contribution < 1.29 is 17.9 Å². The fourth-order valence-corrected chi connectivity index (χ4v) is 4.37. The summed E-state index contributed by atoms with van der Waals surface area (Å²) in [6, 6.07) is 2.03. The zero-order chi connectivity index (χ0) is 14.8. The van der Waals surface area contributed by atoms with Crippen molar-refractivity contribution in [1.82, 2.24) is 5.32 Å². The lowest BCUT2D eigenvalue weighted by molar-refractivity contribution is -0.137. The summed E-state index contributed by atoms with van der Waals surface area (Å²) in [7, 11) is -2.74. The second kappa shape index (κ2) is 5.78. The van der Waals surface area contributed by atoms with Crippen LogP contribution in [0.4, 0.5) is 5.00 Å². The van der Waals surface area contributed by atoms with Crippen molar-refractivity contribution in [3.63, 3.8) is 0 Å². The van der Waals surface area contributed by atoms with E-state index >= 15 is 0 Å². The predicted octanol–water partition coefficient (Wildman–Crippen LogP) is 0.180. The monoisotopic (exact) mass is 315 g/mol. The first-order chi connectivity index (χ1) is 9.46. The minimum absolute atomic E-state index is 0.269. The van der Waals surface area contributed by atoms with Crippen LogP contribution < -0.4 is 10.0 Å². The first-order valence-corrected chi connectivity index (χ1v) is 8.26. The molecule has 0 unspecified atom stereocenters. The Kier molecular flexibility index (Phi) is 4.27. The number of thiophene rings is 1. The molecule has 2 rings (SSSR count). The molecule has 2 N–H and O–H groups in total. The highest BCUT2D eigenvalue weighted by molar-refractivity contribution is 7.93. The molecular weight excluding hydrogens is 302 g/mol. The standard InChI is InChI=1S/C11H13N3O4S2/c1-18-10(15)6-20(16,17)14-11-8(4-12)7-2-3-13-5-9(7)19-11/h13-14H,2-3,5-6H2,1H3. The van der Waals surface area contributed by atoms with Crippen molar-refractivity contribution in [2.24, 2.45) is 0 Å². The molecular formula is C11H13N3O4S2. The Morgan fingerprint density at radius 3 is 3.00 bits per heavy atom. The van der Waals surface area contributed by atoms with Gasteiger partial charge >= 0.3 is 5.97 Å². The quantitative estimate of drug-likeness (QED) is 0.767. The molecule has 0 bridgehead atoms. The number of esters is 1. The van der Waals surface area contributed by atoms with Crippen LogP contribution in [0.5, 0.6) is 0 Å². The lowest BCUT2D eigenvalue weighted by Crippen LogP contribution is -2.23. The summed E-state index contributed by atoms with van der Waals surface area (Å²) < 4.78 is 30.3. The maximum atomic E-state index is 11.8. The molecule has 108 valence electrons. The Bertz CT molecular complexity index is 673. The van der Waals surface area contributed by atoms with E-state index in [2.05, 4.69) is 14.8 Å². The second-order valence-corrected chi connectivity index (χ2v) is 7.01. The molecule has 1 aromatic rings. The number of hydrogen-bond acceptors (Lipinski definition) is 7. The molecule has 0 fully saturated rings. The van der Waals surface area contributed by atoms with Gasteiger partial charge in [-0.25, -0.2) is 8.42 Å². The van der Waals surface area contributed by atoms with Gasteiger partial charge in [-0.3, -0.25) is 9.52 Å². The van der Waals surface area contributed by atoms with Crippen LogP contribution in [0.1, 0.15) is 16.0 Å². The fourth-order valence-electron chi connectivity index (χ4n) is 1.92. The number of hydrogen-bond donors (Lipinski definition) is 2. The minimum atomic E-state index is -3.86. The van der Waals surface area contributed by atoms with Gasteiger partial charge in [0.05, 0.1) is 12.7 Å². The Morgan fingerprint density at radius 1 is 1.60 bits per heavy atom. The van der Waals surface area contributed by atoms with E-state index in [0.717, 1.165) is 24.1 Å². The van der Waals surface area contributed by atoms with Crippen molar-refractivity contribution >= 4 is 32.3 Å². The van der Waals surface area contributed by atoms with Gasteiger partial charge in [-0.05, 0) is 18.5 Å². The summed E-state index contributed by atoms with van der Waals surface area (Å²) in [6.07, 6.45) is 0.688. The normalized spacial score (nSPS) is 14.2. The fraction of sp³-hybridized carbons (Fsp3) is 0.455. The molecule has 9 heteroatoms. The third-order valence-electron chi connectivity index (χ3n) is 2.82. The van der Waals surface area contributed by atoms with Crippen molar-refractivity contribution in [3.05, 3.63) is 16.0 Å². The highest BCUT2D eigenvalue weighted by Gasteiger charge is 2.24. The van der Waals surface area contributed by atoms with Gasteiger partial charge in [-0.1, -0.05) is 0 Å². The average Bonchev–Trinajstić information content (AvgIpc) is 2.73. The molecule has 0 atom stereocenters. The van der Waals surface area contributed by atoms with Crippen molar-refractivity contribution in [2.45, 2.75) is 13.0 Å². The van der Waals surface area contributed by atoms with Gasteiger partial charge in [0, 0.05) is 11.4 Å². The Hall–Kier alpha value is -1.63. The van der Waals surface area contributed by atoms with Crippen molar-refractivity contribution in [1.29, 1.82) is 5.26 Å². The first kappa shape index (κ1) is 14.8. The highest BCUT2D eigenvalue weighted by atomic mass is 32.2. The number of carbonyl (C=O) groups is 1. The van der Waals surface area contributed by atoms with E-state index in [4.69, 9.17) is 0 Å². The summed E-state index contributed by atoms with van der Waals surface area (Å²) in [5, 5.41) is 12.6. The highest BCUT2D eigenvalue weighted by Crippen LogP contribution is 2.35. The Morgan fingerprint density at radius 2 is 2.35 bits per heavy atom. The predicted molar refractivity (Wildman–Crippen MR) is 73.9 cm³/mol. The Labute approximate surface area is 120 Å². The van der Waals surface area contributed by atoms with Gasteiger partial charge in [0.1, 0.15) is 11.1 Å². The number of rotatable bonds is 4. The van der Waals surface area contributed by atoms with E-state index < -0.39 is 21.7 Å². The first-order valence-electron chi connectivity index (χ1n) is 5.79. The van der Waals surface area contributed by atoms with Crippen LogP contribution in [0.25, 0.3) is 0 Å². The maximum absolute atomic E-state index is 11.8. The number of ether oxygens (including phenoxy) is 1. The van der Waals surface area contributed by atoms with Gasteiger partial charge < -0.3 is 10.1 Å². The van der Waals surface area contributed by atoms with Gasteiger partial charge in [0.15, 0.2) is 5.75 Å². The molecule has 7 nitrogen and oxygen atoms in total. The topological polar surface area (TPSA) is 108 Å². The van der Waals surface area contributed by atoms with Crippen LogP contribution in [0.3, 0.4) is 0 Å². The molecule has 2 heterocycles. The van der Waals surface area contributed by atoms with Crippen LogP contribution >= 0.6 is 11.3 Å². The molecule has 0 aromatic carbocycles. The number of sulfonamides is 1. The zero-order valence-electron chi connectivity index (χ0n) is 10.7. The molecule has 1 aliphatic heterocycles. The van der Waals surface area contributed by atoms with E-state index in [9.17, 15) is 18.5 Å². The van der Waals surface area contributed by atoms with Gasteiger partial charge in [-0.2, -0.15) is 5.26 Å². The van der Waals surface area contributed by atoms with E-state index in [-0.39, 0.29) is 5.00 Å². The third kappa shape index (κ3) is 3.09. The SMILES string of the molecule is COC(=O)CS(=O)(=O)Nc1sc2c(c1C#N)CCNC2. The lowest BCUT2D eigenvalue weighted by atomic mass is 10.1. The number of methoxy groups -OCH3 is 1. The van der Waals surface area contributed by atoms with Crippen LogP contribution in [0.15, 0.2) is 0 Å². The van der Waals surface area contributed by atoms with E-state index in [1.165, 1.54) is 11.3 Å². The number of fused-ring (bicyclic) bond motifs is 1. The van der Waals surface area contributed by atoms with Gasteiger partial charge in [0.25, 0.3) is 0 Å². The number of anilines is 1. The second-order valence-electron chi connectivity index (χ2n) is 4.18. The molecule has 0 saturated carbocycles. The zero-order valence-corrected chi connectivity index (χ0v) is 12.4. The van der Waals surface area contributed by atoms with E-state index in [1.807, 2.05) is 6.07 Å². The summed E-state index contributed by atoms with van der Waals surface area (Å²) in [5.74, 6) is -1.62. The molecule has 1 aliphatic rings. The average molecular weight is 315 g/mol. The molecule has 0 spiro atoms. The largest absolute Gasteiger partial charge is 0.468 e. The summed E-state index contributed by atoms with van der Waals surface area (Å²) in [5.41, 5.74) is 1.23. The van der Waals surface area contributed by atoms with E-state index in [1.54, 1.807) is 0 Å². The number of nitriles is 1. The smallest absolute Gasteiger partial charge is 0.322 e. The summed E-state index contributed by atoms with van der Waals surface area (Å²) in [4.78, 5) is 12.0. The van der Waals surface area contributed by atoms with Crippen LogP contribution in [-0.2, 0) is 32.5 Å². The number of carbonyl (C=O) groups excluding carboxylic acids is 1. The van der Waals surface area contributed by atoms with Gasteiger partial charge in [0.2, 0.25) is 10.0 Å². The molecule has 0 aliphatic carbocycles. The van der Waals surface area contributed by atoms with Crippen LogP contribution in [0.2, 0.25) is 0 Å². The van der Waals surface area contributed by atoms with E-state index in [0.29, 0.717) is 18.5 Å². The third-order valence-corrected chi connectivity index (χ3v) is 5.23. The molecule has 0 radical (unpaired) electrons. The minimum Gasteiger partial charge on any atom is -0.468 e. The van der Waals surface area contributed by atoms with Crippen LogP contribution in [0, 0.1) is 11.3 Å². The maximum Gasteiger partial charge on any atom is 0.322 e. The molecule has 1 aromatic heterocycles. The van der Waals surface area contributed by atoms with Gasteiger partial charge in [-0.15, -0.1) is 11.3 Å². The van der Waals surface area contributed by atoms with Crippen LogP contribution in [-0.4, -0.2) is 33.8 Å².